The Hall–Kier alpha value is -2.06. The number of rotatable bonds is 7. The summed E-state index contributed by atoms with van der Waals surface area (Å²) in [5, 5.41) is 2.70. The first-order valence-corrected chi connectivity index (χ1v) is 10.2. The quantitative estimate of drug-likeness (QED) is 0.736. The Balaban J connectivity index is 2.21. The maximum Gasteiger partial charge on any atom is 0.245 e. The number of hydrogen-bond donors (Lipinski definition) is 1. The minimum Gasteiger partial charge on any atom is -0.492 e. The van der Waals surface area contributed by atoms with Crippen LogP contribution in [0.5, 0.6) is 5.75 Å². The fourth-order valence-corrected chi connectivity index (χ4v) is 3.44. The number of hydrogen-bond acceptors (Lipinski definition) is 4. The van der Waals surface area contributed by atoms with E-state index in [0.717, 1.165) is 15.0 Å². The second-order valence-corrected chi connectivity index (χ2v) is 8.05. The predicted molar refractivity (Wildman–Crippen MR) is 103 cm³/mol. The van der Waals surface area contributed by atoms with Crippen molar-refractivity contribution < 1.29 is 17.9 Å². The second kappa shape index (κ2) is 8.35. The summed E-state index contributed by atoms with van der Waals surface area (Å²) in [6, 6.07) is 13.8. The van der Waals surface area contributed by atoms with Crippen LogP contribution in [0.4, 0.5) is 11.4 Å². The number of sulfonamides is 1. The van der Waals surface area contributed by atoms with Crippen molar-refractivity contribution in [2.24, 2.45) is 0 Å². The molecule has 1 N–H and O–H groups in total. The molecule has 1 amide bonds. The zero-order chi connectivity index (χ0) is 18.4. The standard InChI is InChI=1S/C17H19BrN2O4S/c1-3-24-16-10-5-4-9-15(16)19-17(21)12-20(25(2,22)23)14-8-6-7-13(18)11-14/h4-11H,3,12H2,1-2H3,(H,19,21). The highest BCUT2D eigenvalue weighted by Crippen LogP contribution is 2.25. The molecule has 0 spiro atoms. The summed E-state index contributed by atoms with van der Waals surface area (Å²) in [5.74, 6) is 0.0734. The van der Waals surface area contributed by atoms with Gasteiger partial charge in [0, 0.05) is 4.47 Å². The van der Waals surface area contributed by atoms with Crippen LogP contribution in [0.25, 0.3) is 0 Å². The first-order chi connectivity index (χ1) is 11.8. The third-order valence-electron chi connectivity index (χ3n) is 3.24. The van der Waals surface area contributed by atoms with Gasteiger partial charge in [0.2, 0.25) is 15.9 Å². The van der Waals surface area contributed by atoms with Crippen LogP contribution in [0, 0.1) is 0 Å². The number of carbonyl (C=O) groups is 1. The Morgan fingerprint density at radius 1 is 1.20 bits per heavy atom. The SMILES string of the molecule is CCOc1ccccc1NC(=O)CN(c1cccc(Br)c1)S(C)(=O)=O. The van der Waals surface area contributed by atoms with Gasteiger partial charge in [-0.05, 0) is 37.3 Å². The molecule has 0 fully saturated rings. The largest absolute Gasteiger partial charge is 0.492 e. The first-order valence-electron chi connectivity index (χ1n) is 7.56. The molecule has 8 heteroatoms. The number of nitrogens with one attached hydrogen (secondary N) is 1. The molecular weight excluding hydrogens is 408 g/mol. The van der Waals surface area contributed by atoms with Crippen LogP contribution < -0.4 is 14.4 Å². The van der Waals surface area contributed by atoms with Crippen LogP contribution in [-0.4, -0.2) is 33.7 Å². The second-order valence-electron chi connectivity index (χ2n) is 5.23. The van der Waals surface area contributed by atoms with Gasteiger partial charge in [0.15, 0.2) is 0 Å². The Labute approximate surface area is 156 Å². The average Bonchev–Trinajstić information content (AvgIpc) is 2.53. The third-order valence-corrected chi connectivity index (χ3v) is 4.88. The van der Waals surface area contributed by atoms with Crippen LogP contribution in [0.1, 0.15) is 6.92 Å². The van der Waals surface area contributed by atoms with Crippen molar-refractivity contribution in [2.75, 3.05) is 29.0 Å². The lowest BCUT2D eigenvalue weighted by atomic mass is 10.3. The van der Waals surface area contributed by atoms with E-state index in [1.165, 1.54) is 0 Å². The maximum atomic E-state index is 12.4. The summed E-state index contributed by atoms with van der Waals surface area (Å²) in [4.78, 5) is 12.4. The Bertz CT molecular complexity index is 855. The Morgan fingerprint density at radius 2 is 1.92 bits per heavy atom. The summed E-state index contributed by atoms with van der Waals surface area (Å²) < 4.78 is 31.4. The van der Waals surface area contributed by atoms with Gasteiger partial charge in [0.25, 0.3) is 0 Å². The van der Waals surface area contributed by atoms with Crippen LogP contribution in [0.2, 0.25) is 0 Å². The van der Waals surface area contributed by atoms with Crippen LogP contribution in [0.15, 0.2) is 53.0 Å². The molecule has 0 aromatic heterocycles. The van der Waals surface area contributed by atoms with Gasteiger partial charge in [-0.25, -0.2) is 8.42 Å². The van der Waals surface area contributed by atoms with Gasteiger partial charge < -0.3 is 10.1 Å². The minimum atomic E-state index is -3.62. The molecule has 0 aliphatic heterocycles. The lowest BCUT2D eigenvalue weighted by Crippen LogP contribution is -2.37. The summed E-state index contributed by atoms with van der Waals surface area (Å²) in [6.07, 6.45) is 1.06. The summed E-state index contributed by atoms with van der Waals surface area (Å²) in [6.45, 7) is 1.97. The smallest absolute Gasteiger partial charge is 0.245 e. The molecule has 25 heavy (non-hydrogen) atoms. The Kier molecular flexibility index (Phi) is 6.44. The van der Waals surface area contributed by atoms with Crippen LogP contribution in [0.3, 0.4) is 0 Å². The summed E-state index contributed by atoms with van der Waals surface area (Å²) in [7, 11) is -3.62. The zero-order valence-electron chi connectivity index (χ0n) is 13.9. The zero-order valence-corrected chi connectivity index (χ0v) is 16.3. The fraction of sp³-hybridized carbons (Fsp3) is 0.235. The third kappa shape index (κ3) is 5.47. The molecule has 2 aromatic rings. The lowest BCUT2D eigenvalue weighted by molar-refractivity contribution is -0.114. The lowest BCUT2D eigenvalue weighted by Gasteiger charge is -2.22. The molecule has 0 saturated heterocycles. The summed E-state index contributed by atoms with van der Waals surface area (Å²) in [5.41, 5.74) is 0.905. The Morgan fingerprint density at radius 3 is 2.56 bits per heavy atom. The maximum absolute atomic E-state index is 12.4. The number of benzene rings is 2. The van der Waals surface area contributed by atoms with Gasteiger partial charge >= 0.3 is 0 Å². The molecule has 0 atom stereocenters. The molecular formula is C17H19BrN2O4S. The number of anilines is 2. The van der Waals surface area contributed by atoms with Gasteiger partial charge in [0.1, 0.15) is 12.3 Å². The molecule has 6 nitrogen and oxygen atoms in total. The van der Waals surface area contributed by atoms with E-state index in [-0.39, 0.29) is 6.54 Å². The predicted octanol–water partition coefficient (Wildman–Crippen LogP) is 3.25. The number of carbonyl (C=O) groups excluding carboxylic acids is 1. The normalized spacial score (nSPS) is 11.0. The van der Waals surface area contributed by atoms with E-state index >= 15 is 0 Å². The number of ether oxygens (including phenoxy) is 1. The van der Waals surface area contributed by atoms with Crippen molar-refractivity contribution in [3.05, 3.63) is 53.0 Å². The highest BCUT2D eigenvalue weighted by atomic mass is 79.9. The number of halogens is 1. The van der Waals surface area contributed by atoms with Crippen LogP contribution in [-0.2, 0) is 14.8 Å². The molecule has 0 aliphatic carbocycles. The van der Waals surface area contributed by atoms with E-state index in [0.29, 0.717) is 23.7 Å². The van der Waals surface area contributed by atoms with E-state index in [4.69, 9.17) is 4.74 Å². The average molecular weight is 427 g/mol. The molecule has 0 heterocycles. The highest BCUT2D eigenvalue weighted by molar-refractivity contribution is 9.10. The fourth-order valence-electron chi connectivity index (χ4n) is 2.20. The van der Waals surface area contributed by atoms with Crippen molar-refractivity contribution in [1.82, 2.24) is 0 Å². The van der Waals surface area contributed by atoms with Gasteiger partial charge in [-0.15, -0.1) is 0 Å². The van der Waals surface area contributed by atoms with Crippen molar-refractivity contribution in [2.45, 2.75) is 6.92 Å². The molecule has 0 saturated carbocycles. The molecule has 0 unspecified atom stereocenters. The van der Waals surface area contributed by atoms with Gasteiger partial charge in [-0.1, -0.05) is 34.1 Å². The van der Waals surface area contributed by atoms with E-state index in [1.54, 1.807) is 48.5 Å². The number of para-hydroxylation sites is 2. The highest BCUT2D eigenvalue weighted by Gasteiger charge is 2.21. The number of nitrogens with zero attached hydrogens (tertiary/aromatic N) is 1. The van der Waals surface area contributed by atoms with Crippen molar-refractivity contribution >= 4 is 43.2 Å². The molecule has 2 rings (SSSR count). The van der Waals surface area contributed by atoms with E-state index in [1.807, 2.05) is 6.92 Å². The van der Waals surface area contributed by atoms with Gasteiger partial charge in [0.05, 0.1) is 24.2 Å². The number of amides is 1. The molecule has 0 bridgehead atoms. The van der Waals surface area contributed by atoms with Crippen molar-refractivity contribution in [3.63, 3.8) is 0 Å². The van der Waals surface area contributed by atoms with E-state index in [2.05, 4.69) is 21.2 Å². The van der Waals surface area contributed by atoms with Crippen LogP contribution >= 0.6 is 15.9 Å². The van der Waals surface area contributed by atoms with Gasteiger partial charge in [-0.2, -0.15) is 0 Å². The minimum absolute atomic E-state index is 0.338. The first kappa shape index (κ1) is 19.3. The van der Waals surface area contributed by atoms with E-state index < -0.39 is 15.9 Å². The van der Waals surface area contributed by atoms with Crippen molar-refractivity contribution in [3.8, 4) is 5.75 Å². The topological polar surface area (TPSA) is 75.7 Å². The monoisotopic (exact) mass is 426 g/mol. The molecule has 134 valence electrons. The van der Waals surface area contributed by atoms with Gasteiger partial charge in [-0.3, -0.25) is 9.10 Å². The molecule has 0 aliphatic rings. The van der Waals surface area contributed by atoms with Crippen molar-refractivity contribution in [1.29, 1.82) is 0 Å². The van der Waals surface area contributed by atoms with E-state index in [9.17, 15) is 13.2 Å². The molecule has 0 radical (unpaired) electrons. The summed E-state index contributed by atoms with van der Waals surface area (Å²) >= 11 is 3.31. The molecule has 2 aromatic carbocycles.